The van der Waals surface area contributed by atoms with Crippen molar-refractivity contribution in [2.75, 3.05) is 25.1 Å². The number of likely N-dealkylation sites (tertiary alicyclic amines) is 1. The maximum Gasteiger partial charge on any atom is 0.224 e. The van der Waals surface area contributed by atoms with Gasteiger partial charge >= 0.3 is 0 Å². The van der Waals surface area contributed by atoms with Crippen LogP contribution < -0.4 is 0 Å². The molecule has 0 bridgehead atoms. The Labute approximate surface area is 76.7 Å². The van der Waals surface area contributed by atoms with Crippen molar-refractivity contribution in [3.05, 3.63) is 0 Å². The van der Waals surface area contributed by atoms with Crippen molar-refractivity contribution in [1.82, 2.24) is 4.90 Å². The molecule has 1 heterocycles. The number of nitrogens with zero attached hydrogens (tertiary/aromatic N) is 2. The number of thioether (sulfide) groups is 1. The Morgan fingerprint density at radius 1 is 1.83 bits per heavy atom. The molecule has 66 valence electrons. The van der Waals surface area contributed by atoms with Crippen molar-refractivity contribution >= 4 is 17.7 Å². The molecule has 1 aliphatic rings. The lowest BCUT2D eigenvalue weighted by molar-refractivity contribution is -0.127. The third kappa shape index (κ3) is 2.15. The molecule has 3 nitrogen and oxygen atoms in total. The Bertz CT molecular complexity index is 212. The molecular weight excluding hydrogens is 172 g/mol. The first-order chi connectivity index (χ1) is 5.77. The van der Waals surface area contributed by atoms with Crippen LogP contribution in [0.4, 0.5) is 0 Å². The third-order valence-corrected chi connectivity index (χ3v) is 2.55. The predicted molar refractivity (Wildman–Crippen MR) is 48.7 cm³/mol. The van der Waals surface area contributed by atoms with E-state index in [4.69, 9.17) is 5.26 Å². The Morgan fingerprint density at radius 2 is 2.58 bits per heavy atom. The van der Waals surface area contributed by atoms with E-state index in [1.807, 2.05) is 6.26 Å². The van der Waals surface area contributed by atoms with Gasteiger partial charge in [-0.05, 0) is 6.26 Å². The maximum absolute atomic E-state index is 11.2. The minimum atomic E-state index is -0.0700. The zero-order valence-corrected chi connectivity index (χ0v) is 7.93. The summed E-state index contributed by atoms with van der Waals surface area (Å²) < 4.78 is 0. The lowest BCUT2D eigenvalue weighted by Gasteiger charge is -2.13. The van der Waals surface area contributed by atoms with Crippen molar-refractivity contribution in [2.45, 2.75) is 6.42 Å². The van der Waals surface area contributed by atoms with Crippen LogP contribution in [0.25, 0.3) is 0 Å². The summed E-state index contributed by atoms with van der Waals surface area (Å²) in [6, 6.07) is 2.13. The van der Waals surface area contributed by atoms with Gasteiger partial charge in [-0.3, -0.25) is 4.79 Å². The maximum atomic E-state index is 11.2. The van der Waals surface area contributed by atoms with Gasteiger partial charge in [0.25, 0.3) is 0 Å². The summed E-state index contributed by atoms with van der Waals surface area (Å²) in [5.41, 5.74) is 0. The quantitative estimate of drug-likeness (QED) is 0.649. The molecule has 1 fully saturated rings. The van der Waals surface area contributed by atoms with Crippen LogP contribution >= 0.6 is 11.8 Å². The van der Waals surface area contributed by atoms with Gasteiger partial charge in [0.2, 0.25) is 5.91 Å². The molecule has 0 spiro atoms. The van der Waals surface area contributed by atoms with Crippen molar-refractivity contribution in [3.63, 3.8) is 0 Å². The molecule has 0 aromatic rings. The van der Waals surface area contributed by atoms with Crippen LogP contribution in [0.15, 0.2) is 0 Å². The van der Waals surface area contributed by atoms with E-state index in [1.54, 1.807) is 16.7 Å². The zero-order valence-electron chi connectivity index (χ0n) is 7.12. The van der Waals surface area contributed by atoms with E-state index in [0.29, 0.717) is 13.0 Å². The van der Waals surface area contributed by atoms with Crippen molar-refractivity contribution in [1.29, 1.82) is 5.26 Å². The minimum absolute atomic E-state index is 0.0700. The second-order valence-corrected chi connectivity index (χ2v) is 3.85. The van der Waals surface area contributed by atoms with Gasteiger partial charge in [-0.25, -0.2) is 0 Å². The highest BCUT2D eigenvalue weighted by Crippen LogP contribution is 2.16. The molecule has 1 saturated heterocycles. The number of hydrogen-bond donors (Lipinski definition) is 0. The van der Waals surface area contributed by atoms with Gasteiger partial charge in [0.15, 0.2) is 0 Å². The summed E-state index contributed by atoms with van der Waals surface area (Å²) in [5.74, 6) is 1.03. The molecule has 1 unspecified atom stereocenters. The summed E-state index contributed by atoms with van der Waals surface area (Å²) in [5, 5.41) is 8.59. The lowest BCUT2D eigenvalue weighted by atomic mass is 10.1. The average molecular weight is 184 g/mol. The third-order valence-electron chi connectivity index (χ3n) is 1.96. The fraction of sp³-hybridized carbons (Fsp3) is 0.750. The van der Waals surface area contributed by atoms with Crippen LogP contribution in [-0.2, 0) is 4.79 Å². The monoisotopic (exact) mass is 184 g/mol. The van der Waals surface area contributed by atoms with Gasteiger partial charge in [-0.15, -0.1) is 0 Å². The SMILES string of the molecule is CSCCN1CC(C#N)CC1=O. The van der Waals surface area contributed by atoms with Crippen LogP contribution in [-0.4, -0.2) is 35.9 Å². The molecule has 12 heavy (non-hydrogen) atoms. The molecule has 0 saturated carbocycles. The molecule has 0 aromatic carbocycles. The lowest BCUT2D eigenvalue weighted by Crippen LogP contribution is -2.27. The number of rotatable bonds is 3. The molecule has 4 heteroatoms. The standard InChI is InChI=1S/C8H12N2OS/c1-12-3-2-10-6-7(5-9)4-8(10)11/h7H,2-4,6H2,1H3. The average Bonchev–Trinajstić information content (AvgIpc) is 2.43. The highest BCUT2D eigenvalue weighted by Gasteiger charge is 2.28. The summed E-state index contributed by atoms with van der Waals surface area (Å²) in [4.78, 5) is 13.0. The number of carbonyl (C=O) groups excluding carboxylic acids is 1. The van der Waals surface area contributed by atoms with E-state index in [9.17, 15) is 4.79 Å². The number of amides is 1. The second kappa shape index (κ2) is 4.36. The van der Waals surface area contributed by atoms with Gasteiger partial charge in [0, 0.05) is 25.3 Å². The van der Waals surface area contributed by atoms with Gasteiger partial charge in [-0.2, -0.15) is 17.0 Å². The van der Waals surface area contributed by atoms with Crippen LogP contribution in [0.5, 0.6) is 0 Å². The van der Waals surface area contributed by atoms with Crippen molar-refractivity contribution in [2.24, 2.45) is 5.92 Å². The summed E-state index contributed by atoms with van der Waals surface area (Å²) in [7, 11) is 0. The van der Waals surface area contributed by atoms with Crippen LogP contribution in [0.3, 0.4) is 0 Å². The van der Waals surface area contributed by atoms with E-state index >= 15 is 0 Å². The highest BCUT2D eigenvalue weighted by atomic mass is 32.2. The van der Waals surface area contributed by atoms with E-state index < -0.39 is 0 Å². The van der Waals surface area contributed by atoms with Crippen molar-refractivity contribution in [3.8, 4) is 6.07 Å². The number of carbonyl (C=O) groups is 1. The smallest absolute Gasteiger partial charge is 0.224 e. The Kier molecular flexibility index (Phi) is 3.42. The number of hydrogen-bond acceptors (Lipinski definition) is 3. The number of nitriles is 1. The summed E-state index contributed by atoms with van der Waals surface area (Å²) >= 11 is 1.72. The summed E-state index contributed by atoms with van der Waals surface area (Å²) in [6.45, 7) is 1.42. The molecule has 0 radical (unpaired) electrons. The van der Waals surface area contributed by atoms with E-state index in [0.717, 1.165) is 12.3 Å². The molecule has 0 aromatic heterocycles. The first-order valence-electron chi connectivity index (χ1n) is 3.94. The fourth-order valence-electron chi connectivity index (χ4n) is 1.28. The Balaban J connectivity index is 2.37. The molecule has 1 rings (SSSR count). The normalized spacial score (nSPS) is 22.8. The van der Waals surface area contributed by atoms with Gasteiger partial charge < -0.3 is 4.90 Å². The first-order valence-corrected chi connectivity index (χ1v) is 5.33. The molecule has 0 N–H and O–H groups in total. The van der Waals surface area contributed by atoms with Gasteiger partial charge in [0.05, 0.1) is 12.0 Å². The molecule has 0 aliphatic carbocycles. The molecule has 1 aliphatic heterocycles. The van der Waals surface area contributed by atoms with Gasteiger partial charge in [-0.1, -0.05) is 0 Å². The first kappa shape index (κ1) is 9.40. The molecule has 1 amide bonds. The van der Waals surface area contributed by atoms with Crippen LogP contribution in [0.1, 0.15) is 6.42 Å². The topological polar surface area (TPSA) is 44.1 Å². The van der Waals surface area contributed by atoms with Crippen molar-refractivity contribution < 1.29 is 4.79 Å². The van der Waals surface area contributed by atoms with E-state index in [-0.39, 0.29) is 11.8 Å². The Morgan fingerprint density at radius 3 is 3.08 bits per heavy atom. The minimum Gasteiger partial charge on any atom is -0.341 e. The highest BCUT2D eigenvalue weighted by molar-refractivity contribution is 7.98. The van der Waals surface area contributed by atoms with E-state index in [2.05, 4.69) is 6.07 Å². The van der Waals surface area contributed by atoms with Crippen LogP contribution in [0, 0.1) is 17.2 Å². The van der Waals surface area contributed by atoms with Crippen LogP contribution in [0.2, 0.25) is 0 Å². The molecular formula is C8H12N2OS. The largest absolute Gasteiger partial charge is 0.341 e. The predicted octanol–water partition coefficient (Wildman–Crippen LogP) is 0.721. The fourth-order valence-corrected chi connectivity index (χ4v) is 1.68. The van der Waals surface area contributed by atoms with Gasteiger partial charge in [0.1, 0.15) is 0 Å². The second-order valence-electron chi connectivity index (χ2n) is 2.86. The Hall–Kier alpha value is -0.690. The molecule has 1 atom stereocenters. The van der Waals surface area contributed by atoms with E-state index in [1.165, 1.54) is 0 Å². The zero-order chi connectivity index (χ0) is 8.97. The summed E-state index contributed by atoms with van der Waals surface area (Å²) in [6.07, 6.45) is 2.44.